The second kappa shape index (κ2) is 11.5. The molecule has 2 atom stereocenters. The Bertz CT molecular complexity index is 698. The lowest BCUT2D eigenvalue weighted by atomic mass is 10.0. The van der Waals surface area contributed by atoms with E-state index in [-0.39, 0.29) is 6.79 Å². The third-order valence-electron chi connectivity index (χ3n) is 5.33. The van der Waals surface area contributed by atoms with E-state index in [2.05, 4.69) is 63.0 Å². The number of nitrogens with zero attached hydrogens (tertiary/aromatic N) is 3. The first-order valence-electron chi connectivity index (χ1n) is 9.63. The number of methoxy groups -OCH3 is 1. The van der Waals surface area contributed by atoms with Crippen molar-refractivity contribution in [2.24, 2.45) is 5.11 Å². The average Bonchev–Trinajstić information content (AvgIpc) is 2.62. The highest BCUT2D eigenvalue weighted by Crippen LogP contribution is 2.41. The van der Waals surface area contributed by atoms with Gasteiger partial charge in [0.15, 0.2) is 0 Å². The highest BCUT2D eigenvalue weighted by Gasteiger charge is 2.42. The summed E-state index contributed by atoms with van der Waals surface area (Å²) in [6, 6.07) is 6.65. The van der Waals surface area contributed by atoms with Crippen molar-refractivity contribution in [1.82, 2.24) is 0 Å². The largest absolute Gasteiger partial charge is 0.359 e. The first-order chi connectivity index (χ1) is 13.2. The van der Waals surface area contributed by atoms with E-state index in [1.807, 2.05) is 12.1 Å². The molecule has 7 heteroatoms. The van der Waals surface area contributed by atoms with Gasteiger partial charge in [-0.25, -0.2) is 0 Å². The molecule has 2 unspecified atom stereocenters. The van der Waals surface area contributed by atoms with Gasteiger partial charge in [-0.3, -0.25) is 0 Å². The molecule has 0 aliphatic rings. The van der Waals surface area contributed by atoms with Crippen molar-refractivity contribution < 1.29 is 9.47 Å². The van der Waals surface area contributed by atoms with Crippen LogP contribution in [0.15, 0.2) is 29.4 Å². The Hall–Kier alpha value is -1.48. The van der Waals surface area contributed by atoms with Crippen LogP contribution in [0.5, 0.6) is 0 Å². The van der Waals surface area contributed by atoms with Crippen LogP contribution in [-0.2, 0) is 9.47 Å². The fourth-order valence-electron chi connectivity index (χ4n) is 4.02. The average molecular weight is 422 g/mol. The Labute approximate surface area is 175 Å². The van der Waals surface area contributed by atoms with Crippen LogP contribution in [0.3, 0.4) is 0 Å². The van der Waals surface area contributed by atoms with Crippen LogP contribution in [-0.4, -0.2) is 28.0 Å². The van der Waals surface area contributed by atoms with Gasteiger partial charge in [-0.05, 0) is 39.9 Å². The molecular formula is C21H32ClN3O2Si. The SMILES string of the molecule is COCOC(c1ccc(Cl)cc1)C(C#C[Si](C(C)C)(C(C)C)C(C)C)N=[N+]=[N-]. The van der Waals surface area contributed by atoms with Gasteiger partial charge in [0.2, 0.25) is 0 Å². The lowest BCUT2D eigenvalue weighted by Crippen LogP contribution is -2.43. The van der Waals surface area contributed by atoms with Gasteiger partial charge in [0, 0.05) is 17.0 Å². The van der Waals surface area contributed by atoms with Crippen molar-refractivity contribution in [3.8, 4) is 11.5 Å². The van der Waals surface area contributed by atoms with E-state index >= 15 is 0 Å². The molecule has 0 radical (unpaired) electrons. The summed E-state index contributed by atoms with van der Waals surface area (Å²) in [7, 11) is -0.402. The van der Waals surface area contributed by atoms with E-state index in [1.165, 1.54) is 0 Å². The third kappa shape index (κ3) is 6.01. The highest BCUT2D eigenvalue weighted by molar-refractivity contribution is 6.90. The van der Waals surface area contributed by atoms with Crippen LogP contribution in [0.4, 0.5) is 0 Å². The lowest BCUT2D eigenvalue weighted by molar-refractivity contribution is -0.0759. The van der Waals surface area contributed by atoms with E-state index < -0.39 is 20.2 Å². The summed E-state index contributed by atoms with van der Waals surface area (Å²) in [6.07, 6.45) is -0.529. The zero-order chi connectivity index (χ0) is 21.3. The van der Waals surface area contributed by atoms with Gasteiger partial charge < -0.3 is 9.47 Å². The van der Waals surface area contributed by atoms with Crippen molar-refractivity contribution in [3.63, 3.8) is 0 Å². The molecule has 0 saturated carbocycles. The molecule has 5 nitrogen and oxygen atoms in total. The van der Waals surface area contributed by atoms with Crippen LogP contribution >= 0.6 is 11.6 Å². The highest BCUT2D eigenvalue weighted by atomic mass is 35.5. The maximum absolute atomic E-state index is 9.15. The number of halogens is 1. The van der Waals surface area contributed by atoms with Gasteiger partial charge >= 0.3 is 0 Å². The Kier molecular flexibility index (Phi) is 10.1. The summed E-state index contributed by atoms with van der Waals surface area (Å²) >= 11 is 6.02. The predicted molar refractivity (Wildman–Crippen MR) is 119 cm³/mol. The summed E-state index contributed by atoms with van der Waals surface area (Å²) in [4.78, 5) is 3.03. The van der Waals surface area contributed by atoms with Crippen molar-refractivity contribution in [2.45, 2.75) is 70.3 Å². The van der Waals surface area contributed by atoms with Crippen LogP contribution in [0, 0.1) is 11.5 Å². The minimum atomic E-state index is -1.96. The van der Waals surface area contributed by atoms with E-state index in [4.69, 9.17) is 26.6 Å². The molecule has 0 bridgehead atoms. The summed E-state index contributed by atoms with van der Waals surface area (Å²) in [5.41, 5.74) is 15.1. The minimum absolute atomic E-state index is 0.0769. The fraction of sp³-hybridized carbons (Fsp3) is 0.619. The Morgan fingerprint density at radius 1 is 1.07 bits per heavy atom. The van der Waals surface area contributed by atoms with Crippen LogP contribution in [0.2, 0.25) is 21.6 Å². The molecule has 0 spiro atoms. The molecule has 0 fully saturated rings. The van der Waals surface area contributed by atoms with E-state index in [1.54, 1.807) is 19.2 Å². The van der Waals surface area contributed by atoms with Crippen molar-refractivity contribution in [3.05, 3.63) is 45.3 Å². The van der Waals surface area contributed by atoms with Crippen molar-refractivity contribution in [2.75, 3.05) is 13.9 Å². The smallest absolute Gasteiger partial charge is 0.147 e. The third-order valence-corrected chi connectivity index (χ3v) is 11.9. The zero-order valence-electron chi connectivity index (χ0n) is 17.9. The topological polar surface area (TPSA) is 67.2 Å². The Morgan fingerprint density at radius 3 is 2.04 bits per heavy atom. The van der Waals surface area contributed by atoms with Crippen LogP contribution in [0.25, 0.3) is 10.4 Å². The summed E-state index contributed by atoms with van der Waals surface area (Å²) in [5, 5.41) is 4.60. The maximum Gasteiger partial charge on any atom is 0.147 e. The van der Waals surface area contributed by atoms with Gasteiger partial charge in [-0.2, -0.15) is 0 Å². The van der Waals surface area contributed by atoms with Gasteiger partial charge in [-0.1, -0.05) is 76.3 Å². The molecule has 0 amide bonds. The second-order valence-electron chi connectivity index (χ2n) is 7.86. The summed E-state index contributed by atoms with van der Waals surface area (Å²) in [5.74, 6) is 3.31. The van der Waals surface area contributed by atoms with Crippen LogP contribution < -0.4 is 0 Å². The van der Waals surface area contributed by atoms with E-state index in [9.17, 15) is 0 Å². The number of benzene rings is 1. The zero-order valence-corrected chi connectivity index (χ0v) is 19.7. The molecule has 1 aromatic carbocycles. The molecular weight excluding hydrogens is 390 g/mol. The second-order valence-corrected chi connectivity index (χ2v) is 13.9. The van der Waals surface area contributed by atoms with Gasteiger partial charge in [0.05, 0.1) is 0 Å². The summed E-state index contributed by atoms with van der Waals surface area (Å²) in [6.45, 7) is 13.6. The van der Waals surface area contributed by atoms with Gasteiger partial charge in [-0.15, -0.1) is 5.54 Å². The normalized spacial score (nSPS) is 13.8. The molecule has 0 aliphatic carbocycles. The number of azide groups is 1. The number of ether oxygens (including phenoxy) is 2. The lowest BCUT2D eigenvalue weighted by Gasteiger charge is -2.38. The minimum Gasteiger partial charge on any atom is -0.359 e. The molecule has 0 aromatic heterocycles. The fourth-order valence-corrected chi connectivity index (χ4v) is 9.41. The number of hydrogen-bond donors (Lipinski definition) is 0. The Balaban J connectivity index is 3.44. The Morgan fingerprint density at radius 2 is 1.61 bits per heavy atom. The molecule has 0 N–H and O–H groups in total. The maximum atomic E-state index is 9.15. The van der Waals surface area contributed by atoms with Crippen molar-refractivity contribution >= 4 is 19.7 Å². The van der Waals surface area contributed by atoms with E-state index in [0.717, 1.165) is 5.56 Å². The summed E-state index contributed by atoms with van der Waals surface area (Å²) < 4.78 is 10.9. The molecule has 0 saturated heterocycles. The standard InChI is InChI=1S/C21H32ClN3O2Si/c1-15(2)28(16(3)4,17(5)6)13-12-20(24-25-23)21(27-14-26-7)18-8-10-19(22)11-9-18/h8-11,15-17,20-21H,14H2,1-7H3. The molecule has 0 aliphatic heterocycles. The molecule has 1 aromatic rings. The predicted octanol–water partition coefficient (Wildman–Crippen LogP) is 6.90. The number of hydrogen-bond acceptors (Lipinski definition) is 3. The van der Waals surface area contributed by atoms with Gasteiger partial charge in [0.1, 0.15) is 27.0 Å². The molecule has 28 heavy (non-hydrogen) atoms. The van der Waals surface area contributed by atoms with Gasteiger partial charge in [0.25, 0.3) is 0 Å². The van der Waals surface area contributed by atoms with Crippen molar-refractivity contribution in [1.29, 1.82) is 0 Å². The first-order valence-corrected chi connectivity index (χ1v) is 12.2. The molecule has 1 rings (SSSR count). The quantitative estimate of drug-likeness (QED) is 0.109. The number of rotatable bonds is 9. The van der Waals surface area contributed by atoms with E-state index in [0.29, 0.717) is 21.6 Å². The first kappa shape index (κ1) is 24.6. The van der Waals surface area contributed by atoms with Crippen LogP contribution in [0.1, 0.15) is 53.2 Å². The molecule has 0 heterocycles. The monoisotopic (exact) mass is 421 g/mol. The molecule has 154 valence electrons.